The number of para-hydroxylation sites is 1. The first-order valence-corrected chi connectivity index (χ1v) is 10.1. The van der Waals surface area contributed by atoms with Crippen molar-refractivity contribution in [3.63, 3.8) is 0 Å². The molecule has 0 unspecified atom stereocenters. The molecule has 0 bridgehead atoms. The number of furan rings is 1. The van der Waals surface area contributed by atoms with E-state index in [1.165, 1.54) is 0 Å². The zero-order chi connectivity index (χ0) is 21.4. The van der Waals surface area contributed by atoms with Crippen molar-refractivity contribution in [2.45, 2.75) is 13.5 Å². The maximum atomic E-state index is 12.7. The quantitative estimate of drug-likeness (QED) is 0.227. The van der Waals surface area contributed by atoms with Crippen molar-refractivity contribution < 1.29 is 9.21 Å². The molecule has 5 aromatic rings. The van der Waals surface area contributed by atoms with Gasteiger partial charge < -0.3 is 8.98 Å². The Labute approximate surface area is 179 Å². The van der Waals surface area contributed by atoms with Crippen LogP contribution < -0.4 is 5.43 Å². The van der Waals surface area contributed by atoms with Crippen molar-refractivity contribution in [1.29, 1.82) is 0 Å². The molecule has 3 aromatic carbocycles. The average molecular weight is 407 g/mol. The van der Waals surface area contributed by atoms with Crippen LogP contribution in [-0.4, -0.2) is 16.7 Å². The highest BCUT2D eigenvalue weighted by Crippen LogP contribution is 2.28. The van der Waals surface area contributed by atoms with Gasteiger partial charge in [-0.2, -0.15) is 5.10 Å². The number of rotatable bonds is 5. The number of aromatic nitrogens is 1. The lowest BCUT2D eigenvalue weighted by Gasteiger charge is -2.03. The first-order valence-electron chi connectivity index (χ1n) is 10.1. The van der Waals surface area contributed by atoms with E-state index < -0.39 is 0 Å². The summed E-state index contributed by atoms with van der Waals surface area (Å²) < 4.78 is 7.95. The summed E-state index contributed by atoms with van der Waals surface area (Å²) in [5.74, 6) is -0.154. The van der Waals surface area contributed by atoms with Crippen LogP contribution in [0.2, 0.25) is 0 Å². The smallest absolute Gasteiger partial charge is 0.307 e. The number of hydrazone groups is 1. The molecular formula is C26H21N3O2. The number of fused-ring (bicyclic) bond motifs is 4. The fourth-order valence-corrected chi connectivity index (χ4v) is 4.10. The van der Waals surface area contributed by atoms with E-state index in [2.05, 4.69) is 33.8 Å². The van der Waals surface area contributed by atoms with E-state index in [0.29, 0.717) is 12.1 Å². The van der Waals surface area contributed by atoms with Gasteiger partial charge >= 0.3 is 5.91 Å². The first-order chi connectivity index (χ1) is 15.2. The van der Waals surface area contributed by atoms with Crippen LogP contribution in [0.3, 0.4) is 0 Å². The number of nitrogens with one attached hydrogen (secondary N) is 1. The van der Waals surface area contributed by atoms with Gasteiger partial charge in [-0.3, -0.25) is 4.79 Å². The van der Waals surface area contributed by atoms with Crippen molar-refractivity contribution in [2.24, 2.45) is 5.10 Å². The minimum absolute atomic E-state index is 0.231. The van der Waals surface area contributed by atoms with Crippen molar-refractivity contribution >= 4 is 44.8 Å². The maximum absolute atomic E-state index is 12.7. The number of carbonyl (C=O) groups is 1. The van der Waals surface area contributed by atoms with E-state index in [9.17, 15) is 4.79 Å². The molecule has 5 rings (SSSR count). The minimum Gasteiger partial charge on any atom is -0.451 e. The Bertz CT molecular complexity index is 1490. The monoisotopic (exact) mass is 407 g/mol. The van der Waals surface area contributed by atoms with Crippen LogP contribution in [0.4, 0.5) is 0 Å². The summed E-state index contributed by atoms with van der Waals surface area (Å²) in [6.45, 7) is 6.59. The van der Waals surface area contributed by atoms with Crippen LogP contribution in [0.15, 0.2) is 88.9 Å². The van der Waals surface area contributed by atoms with Crippen LogP contribution in [0.5, 0.6) is 0 Å². The highest BCUT2D eigenvalue weighted by atomic mass is 16.3. The maximum Gasteiger partial charge on any atom is 0.307 e. The molecule has 1 amide bonds. The summed E-state index contributed by atoms with van der Waals surface area (Å²) in [7, 11) is 0. The Morgan fingerprint density at radius 2 is 1.84 bits per heavy atom. The SMILES string of the molecule is C=CCn1c(C)c(/C=N\NC(=O)c2cc3c(ccc4ccccc43)o2)c2ccccc21. The van der Waals surface area contributed by atoms with Crippen LogP contribution in [-0.2, 0) is 6.54 Å². The Morgan fingerprint density at radius 1 is 1.06 bits per heavy atom. The molecule has 0 radical (unpaired) electrons. The molecule has 2 aromatic heterocycles. The summed E-state index contributed by atoms with van der Waals surface area (Å²) in [6, 6.07) is 21.8. The van der Waals surface area contributed by atoms with Gasteiger partial charge in [0.1, 0.15) is 5.58 Å². The molecule has 0 saturated heterocycles. The van der Waals surface area contributed by atoms with Crippen molar-refractivity contribution in [3.05, 3.63) is 96.4 Å². The Morgan fingerprint density at radius 3 is 2.68 bits per heavy atom. The number of nitrogens with zero attached hydrogens (tertiary/aromatic N) is 2. The molecule has 1 N–H and O–H groups in total. The Kier molecular flexibility index (Phi) is 4.64. The van der Waals surface area contributed by atoms with Crippen LogP contribution >= 0.6 is 0 Å². The fraction of sp³-hybridized carbons (Fsp3) is 0.0769. The summed E-state index contributed by atoms with van der Waals surface area (Å²) in [6.07, 6.45) is 3.56. The highest BCUT2D eigenvalue weighted by molar-refractivity contribution is 6.08. The van der Waals surface area contributed by atoms with E-state index in [-0.39, 0.29) is 11.7 Å². The molecule has 2 heterocycles. The molecule has 0 aliphatic rings. The number of hydrogen-bond donors (Lipinski definition) is 1. The lowest BCUT2D eigenvalue weighted by atomic mass is 10.1. The zero-order valence-electron chi connectivity index (χ0n) is 17.1. The molecule has 0 atom stereocenters. The van der Waals surface area contributed by atoms with Gasteiger partial charge in [-0.05, 0) is 35.9 Å². The number of benzene rings is 3. The van der Waals surface area contributed by atoms with E-state index in [1.54, 1.807) is 12.3 Å². The molecule has 0 fully saturated rings. The molecule has 31 heavy (non-hydrogen) atoms. The van der Waals surface area contributed by atoms with Gasteiger partial charge in [0.2, 0.25) is 0 Å². The van der Waals surface area contributed by atoms with Crippen molar-refractivity contribution in [1.82, 2.24) is 9.99 Å². The molecule has 5 nitrogen and oxygen atoms in total. The van der Waals surface area contributed by atoms with Gasteiger partial charge in [-0.15, -0.1) is 6.58 Å². The lowest BCUT2D eigenvalue weighted by molar-refractivity contribution is 0.0929. The second-order valence-corrected chi connectivity index (χ2v) is 7.42. The minimum atomic E-state index is -0.385. The second-order valence-electron chi connectivity index (χ2n) is 7.42. The van der Waals surface area contributed by atoms with Crippen molar-refractivity contribution in [3.8, 4) is 0 Å². The molecule has 0 spiro atoms. The zero-order valence-corrected chi connectivity index (χ0v) is 17.1. The van der Waals surface area contributed by atoms with Crippen LogP contribution in [0.25, 0.3) is 32.6 Å². The number of hydrogen-bond acceptors (Lipinski definition) is 3. The molecule has 0 saturated carbocycles. The largest absolute Gasteiger partial charge is 0.451 e. The lowest BCUT2D eigenvalue weighted by Crippen LogP contribution is -2.16. The summed E-state index contributed by atoms with van der Waals surface area (Å²) >= 11 is 0. The number of amides is 1. The predicted molar refractivity (Wildman–Crippen MR) is 126 cm³/mol. The third kappa shape index (κ3) is 3.20. The van der Waals surface area contributed by atoms with Crippen LogP contribution in [0, 0.1) is 6.92 Å². The summed E-state index contributed by atoms with van der Waals surface area (Å²) in [5.41, 5.74) is 6.41. The molecule has 5 heteroatoms. The van der Waals surface area contributed by atoms with Gasteiger partial charge in [0.15, 0.2) is 5.76 Å². The average Bonchev–Trinajstić information content (AvgIpc) is 3.35. The van der Waals surface area contributed by atoms with E-state index >= 15 is 0 Å². The molecule has 0 aliphatic heterocycles. The third-order valence-corrected chi connectivity index (χ3v) is 5.60. The van der Waals surface area contributed by atoms with Gasteiger partial charge in [-0.25, -0.2) is 5.43 Å². The van der Waals surface area contributed by atoms with E-state index in [0.717, 1.165) is 38.3 Å². The predicted octanol–water partition coefficient (Wildman–Crippen LogP) is 5.80. The van der Waals surface area contributed by atoms with Crippen molar-refractivity contribution in [2.75, 3.05) is 0 Å². The van der Waals surface area contributed by atoms with Crippen LogP contribution in [0.1, 0.15) is 21.8 Å². The highest BCUT2D eigenvalue weighted by Gasteiger charge is 2.14. The molecule has 152 valence electrons. The van der Waals surface area contributed by atoms with E-state index in [1.807, 2.05) is 61.5 Å². The normalized spacial score (nSPS) is 11.6. The van der Waals surface area contributed by atoms with Gasteiger partial charge in [0.05, 0.1) is 6.21 Å². The number of allylic oxidation sites excluding steroid dienone is 1. The number of carbonyl (C=O) groups excluding carboxylic acids is 1. The summed E-state index contributed by atoms with van der Waals surface area (Å²) in [5, 5.41) is 8.36. The fourth-order valence-electron chi connectivity index (χ4n) is 4.10. The topological polar surface area (TPSA) is 59.5 Å². The van der Waals surface area contributed by atoms with Gasteiger partial charge in [0, 0.05) is 34.1 Å². The second kappa shape index (κ2) is 7.61. The Balaban J connectivity index is 1.44. The van der Waals surface area contributed by atoms with Gasteiger partial charge in [0.25, 0.3) is 0 Å². The van der Waals surface area contributed by atoms with E-state index in [4.69, 9.17) is 4.42 Å². The Hall–Kier alpha value is -4.12. The van der Waals surface area contributed by atoms with Gasteiger partial charge in [-0.1, -0.05) is 54.6 Å². The molecular weight excluding hydrogens is 386 g/mol. The third-order valence-electron chi connectivity index (χ3n) is 5.60. The molecule has 0 aliphatic carbocycles. The summed E-state index contributed by atoms with van der Waals surface area (Å²) in [4.78, 5) is 12.7. The first kappa shape index (κ1) is 18.9. The standard InChI is InChI=1S/C26H21N3O2/c1-3-14-29-17(2)22(20-10-6-7-11-23(20)29)16-27-28-26(30)25-15-21-19-9-5-4-8-18(19)12-13-24(21)31-25/h3-13,15-16H,1,14H2,2H3,(H,28,30)/b27-16-.